The highest BCUT2D eigenvalue weighted by atomic mass is 32.2. The van der Waals surface area contributed by atoms with E-state index in [0.717, 1.165) is 27.7 Å². The second-order valence-electron chi connectivity index (χ2n) is 5.97. The van der Waals surface area contributed by atoms with E-state index in [1.54, 1.807) is 4.90 Å². The van der Waals surface area contributed by atoms with Gasteiger partial charge in [-0.1, -0.05) is 30.0 Å². The molecule has 0 fully saturated rings. The number of amides is 1. The fourth-order valence-electron chi connectivity index (χ4n) is 2.65. The maximum Gasteiger partial charge on any atom is 0.230 e. The number of hydrogen-bond donors (Lipinski definition) is 0. The zero-order valence-corrected chi connectivity index (χ0v) is 16.9. The maximum atomic E-state index is 12.1. The van der Waals surface area contributed by atoms with Crippen molar-refractivity contribution in [2.45, 2.75) is 31.6 Å². The van der Waals surface area contributed by atoms with Crippen LogP contribution in [0, 0.1) is 25.2 Å². The number of para-hydroxylation sites is 1. The number of aromatic nitrogens is 2. The standard InChI is InChI=1S/C20H18N4OS2/c1-13-9-14(2)22-19(18(13)10-21)26-11-16-12-27-20(23-16)24(15(3)25)17-7-5-4-6-8-17/h4-9,12H,11H2,1-3H3. The summed E-state index contributed by atoms with van der Waals surface area (Å²) in [5, 5.41) is 12.7. The first-order valence-electron chi connectivity index (χ1n) is 8.31. The zero-order valence-electron chi connectivity index (χ0n) is 15.3. The zero-order chi connectivity index (χ0) is 19.4. The van der Waals surface area contributed by atoms with Crippen LogP contribution in [0.3, 0.4) is 0 Å². The molecule has 1 amide bonds. The number of anilines is 2. The van der Waals surface area contributed by atoms with Crippen molar-refractivity contribution in [1.82, 2.24) is 9.97 Å². The maximum absolute atomic E-state index is 12.1. The van der Waals surface area contributed by atoms with E-state index < -0.39 is 0 Å². The van der Waals surface area contributed by atoms with E-state index in [4.69, 9.17) is 0 Å². The van der Waals surface area contributed by atoms with E-state index in [1.165, 1.54) is 30.0 Å². The van der Waals surface area contributed by atoms with Gasteiger partial charge in [0, 0.05) is 23.8 Å². The Morgan fingerprint density at radius 1 is 1.26 bits per heavy atom. The van der Waals surface area contributed by atoms with Crippen LogP contribution >= 0.6 is 23.1 Å². The van der Waals surface area contributed by atoms with Crippen molar-refractivity contribution in [2.24, 2.45) is 0 Å². The van der Waals surface area contributed by atoms with Crippen molar-refractivity contribution in [3.63, 3.8) is 0 Å². The molecule has 0 unspecified atom stereocenters. The lowest BCUT2D eigenvalue weighted by atomic mass is 10.1. The normalized spacial score (nSPS) is 10.4. The van der Waals surface area contributed by atoms with Crippen LogP contribution in [-0.4, -0.2) is 15.9 Å². The first-order valence-corrected chi connectivity index (χ1v) is 10.2. The number of hydrogen-bond acceptors (Lipinski definition) is 6. The molecule has 27 heavy (non-hydrogen) atoms. The first-order chi connectivity index (χ1) is 13.0. The van der Waals surface area contributed by atoms with Crippen molar-refractivity contribution < 1.29 is 4.79 Å². The summed E-state index contributed by atoms with van der Waals surface area (Å²) in [7, 11) is 0. The molecule has 136 valence electrons. The number of benzene rings is 1. The predicted octanol–water partition coefficient (Wildman–Crippen LogP) is 5.00. The number of carbonyl (C=O) groups excluding carboxylic acids is 1. The lowest BCUT2D eigenvalue weighted by Crippen LogP contribution is -2.22. The largest absolute Gasteiger partial charge is 0.274 e. The molecule has 0 atom stereocenters. The van der Waals surface area contributed by atoms with Crippen LogP contribution < -0.4 is 4.90 Å². The Balaban J connectivity index is 1.81. The van der Waals surface area contributed by atoms with Gasteiger partial charge in [0.15, 0.2) is 5.13 Å². The summed E-state index contributed by atoms with van der Waals surface area (Å²) in [6, 6.07) is 13.6. The Kier molecular flexibility index (Phi) is 5.89. The summed E-state index contributed by atoms with van der Waals surface area (Å²) in [5.41, 5.74) is 4.07. The third kappa shape index (κ3) is 4.35. The Labute approximate surface area is 166 Å². The van der Waals surface area contributed by atoms with Crippen LogP contribution in [0.1, 0.15) is 29.4 Å². The third-order valence-corrected chi connectivity index (χ3v) is 5.72. The smallest absolute Gasteiger partial charge is 0.230 e. The number of nitrogens with zero attached hydrogens (tertiary/aromatic N) is 4. The van der Waals surface area contributed by atoms with Gasteiger partial charge in [-0.2, -0.15) is 5.26 Å². The van der Waals surface area contributed by atoms with Crippen LogP contribution in [0.15, 0.2) is 46.8 Å². The van der Waals surface area contributed by atoms with Crippen LogP contribution in [-0.2, 0) is 10.5 Å². The summed E-state index contributed by atoms with van der Waals surface area (Å²) in [6.07, 6.45) is 0. The number of carbonyl (C=O) groups is 1. The lowest BCUT2D eigenvalue weighted by Gasteiger charge is -2.17. The number of pyridine rings is 1. The molecule has 0 aliphatic heterocycles. The number of nitriles is 1. The number of rotatable bonds is 5. The topological polar surface area (TPSA) is 69.9 Å². The summed E-state index contributed by atoms with van der Waals surface area (Å²) < 4.78 is 0. The van der Waals surface area contributed by atoms with E-state index >= 15 is 0 Å². The quantitative estimate of drug-likeness (QED) is 0.569. The minimum atomic E-state index is -0.0857. The molecule has 2 aromatic heterocycles. The summed E-state index contributed by atoms with van der Waals surface area (Å²) >= 11 is 2.92. The molecule has 3 rings (SSSR count). The monoisotopic (exact) mass is 394 g/mol. The summed E-state index contributed by atoms with van der Waals surface area (Å²) in [4.78, 5) is 22.8. The van der Waals surface area contributed by atoms with Crippen molar-refractivity contribution >= 4 is 39.8 Å². The molecule has 0 aliphatic carbocycles. The molecule has 3 aromatic rings. The minimum Gasteiger partial charge on any atom is -0.274 e. The molecular formula is C20H18N4OS2. The van der Waals surface area contributed by atoms with Gasteiger partial charge in [0.2, 0.25) is 5.91 Å². The molecular weight excluding hydrogens is 376 g/mol. The minimum absolute atomic E-state index is 0.0857. The number of aryl methyl sites for hydroxylation is 2. The van der Waals surface area contributed by atoms with Gasteiger partial charge in [0.05, 0.1) is 16.9 Å². The highest BCUT2D eigenvalue weighted by molar-refractivity contribution is 7.98. The van der Waals surface area contributed by atoms with Crippen LogP contribution in [0.4, 0.5) is 10.8 Å². The fourth-order valence-corrected chi connectivity index (χ4v) is 4.64. The van der Waals surface area contributed by atoms with Gasteiger partial charge in [-0.25, -0.2) is 9.97 Å². The van der Waals surface area contributed by atoms with Gasteiger partial charge in [-0.3, -0.25) is 9.69 Å². The number of thiazole rings is 1. The molecule has 1 aromatic carbocycles. The van der Waals surface area contributed by atoms with E-state index in [2.05, 4.69) is 16.0 Å². The van der Waals surface area contributed by atoms with Crippen molar-refractivity contribution in [2.75, 3.05) is 4.90 Å². The van der Waals surface area contributed by atoms with Gasteiger partial charge in [-0.15, -0.1) is 11.3 Å². The second-order valence-corrected chi connectivity index (χ2v) is 7.77. The van der Waals surface area contributed by atoms with E-state index in [0.29, 0.717) is 16.4 Å². The molecule has 2 heterocycles. The first kappa shape index (κ1) is 19.1. The second kappa shape index (κ2) is 8.33. The van der Waals surface area contributed by atoms with Gasteiger partial charge in [-0.05, 0) is 37.6 Å². The average molecular weight is 395 g/mol. The Bertz CT molecular complexity index is 1010. The SMILES string of the molecule is CC(=O)N(c1ccccc1)c1nc(CSc2nc(C)cc(C)c2C#N)cs1. The fraction of sp³-hybridized carbons (Fsp3) is 0.200. The van der Waals surface area contributed by atoms with Crippen molar-refractivity contribution in [3.05, 3.63) is 64.3 Å². The Hall–Kier alpha value is -2.69. The van der Waals surface area contributed by atoms with E-state index in [-0.39, 0.29) is 5.91 Å². The molecule has 0 bridgehead atoms. The predicted molar refractivity (Wildman–Crippen MR) is 109 cm³/mol. The molecule has 0 radical (unpaired) electrons. The van der Waals surface area contributed by atoms with Crippen LogP contribution in [0.2, 0.25) is 0 Å². The summed E-state index contributed by atoms with van der Waals surface area (Å²) in [5.74, 6) is 0.499. The molecule has 5 nitrogen and oxygen atoms in total. The molecule has 0 N–H and O–H groups in total. The Morgan fingerprint density at radius 3 is 2.67 bits per heavy atom. The van der Waals surface area contributed by atoms with E-state index in [9.17, 15) is 10.1 Å². The van der Waals surface area contributed by atoms with Crippen molar-refractivity contribution in [3.8, 4) is 6.07 Å². The third-order valence-electron chi connectivity index (χ3n) is 3.84. The van der Waals surface area contributed by atoms with Gasteiger partial charge in [0.1, 0.15) is 11.1 Å². The molecule has 0 saturated carbocycles. The molecule has 0 spiro atoms. The lowest BCUT2D eigenvalue weighted by molar-refractivity contribution is -0.115. The van der Waals surface area contributed by atoms with Crippen LogP contribution in [0.5, 0.6) is 0 Å². The summed E-state index contributed by atoms with van der Waals surface area (Å²) in [6.45, 7) is 5.37. The van der Waals surface area contributed by atoms with E-state index in [1.807, 2.05) is 55.6 Å². The number of thioether (sulfide) groups is 1. The van der Waals surface area contributed by atoms with Crippen molar-refractivity contribution in [1.29, 1.82) is 5.26 Å². The Morgan fingerprint density at radius 2 is 2.00 bits per heavy atom. The van der Waals surface area contributed by atoms with Gasteiger partial charge < -0.3 is 0 Å². The molecule has 0 aliphatic rings. The molecule has 7 heteroatoms. The highest BCUT2D eigenvalue weighted by Gasteiger charge is 2.18. The average Bonchev–Trinajstić information content (AvgIpc) is 3.08. The highest BCUT2D eigenvalue weighted by Crippen LogP contribution is 2.32. The van der Waals surface area contributed by atoms with Gasteiger partial charge in [0.25, 0.3) is 0 Å². The van der Waals surface area contributed by atoms with Gasteiger partial charge >= 0.3 is 0 Å². The molecule has 0 saturated heterocycles. The van der Waals surface area contributed by atoms with Crippen LogP contribution in [0.25, 0.3) is 0 Å².